The summed E-state index contributed by atoms with van der Waals surface area (Å²) in [6, 6.07) is 6.17. The number of rotatable bonds is 3. The van der Waals surface area contributed by atoms with E-state index in [1.165, 1.54) is 5.56 Å². The molecule has 0 radical (unpaired) electrons. The van der Waals surface area contributed by atoms with E-state index in [9.17, 15) is 4.79 Å². The topological polar surface area (TPSA) is 58.8 Å². The molecule has 2 saturated heterocycles. The van der Waals surface area contributed by atoms with Gasteiger partial charge in [-0.15, -0.1) is 0 Å². The molecule has 0 unspecified atom stereocenters. The minimum absolute atomic E-state index is 0.0623. The molecule has 4 rings (SSSR count). The van der Waals surface area contributed by atoms with Crippen LogP contribution in [0.1, 0.15) is 33.9 Å². The first kappa shape index (κ1) is 17.2. The molecular formula is C20H25N3O3. The number of aromatic nitrogens is 1. The fraction of sp³-hybridized carbons (Fsp3) is 0.500. The van der Waals surface area contributed by atoms with Gasteiger partial charge in [-0.25, -0.2) is 0 Å². The van der Waals surface area contributed by atoms with Crippen LogP contribution in [0.2, 0.25) is 0 Å². The number of amides is 1. The number of morpholine rings is 1. The van der Waals surface area contributed by atoms with Gasteiger partial charge in [-0.2, -0.15) is 0 Å². The van der Waals surface area contributed by atoms with Gasteiger partial charge in [0.1, 0.15) is 11.5 Å². The molecule has 0 bridgehead atoms. The maximum atomic E-state index is 13.0. The quantitative estimate of drug-likeness (QED) is 0.846. The van der Waals surface area contributed by atoms with Crippen molar-refractivity contribution < 1.29 is 13.9 Å². The third kappa shape index (κ3) is 3.39. The summed E-state index contributed by atoms with van der Waals surface area (Å²) < 4.78 is 11.5. The lowest BCUT2D eigenvalue weighted by Gasteiger charge is -2.47. The van der Waals surface area contributed by atoms with Crippen LogP contribution < -0.4 is 0 Å². The highest BCUT2D eigenvalue weighted by Gasteiger charge is 2.39. The van der Waals surface area contributed by atoms with Gasteiger partial charge in [-0.05, 0) is 44.0 Å². The zero-order valence-corrected chi connectivity index (χ0v) is 15.4. The van der Waals surface area contributed by atoms with Crippen molar-refractivity contribution in [2.45, 2.75) is 39.0 Å². The van der Waals surface area contributed by atoms with Gasteiger partial charge in [0.2, 0.25) is 0 Å². The van der Waals surface area contributed by atoms with Gasteiger partial charge >= 0.3 is 0 Å². The average Bonchev–Trinajstić information content (AvgIpc) is 3.00. The van der Waals surface area contributed by atoms with Gasteiger partial charge in [-0.1, -0.05) is 0 Å². The number of aryl methyl sites for hydroxylation is 2. The summed E-state index contributed by atoms with van der Waals surface area (Å²) in [5, 5.41) is 0. The second-order valence-corrected chi connectivity index (χ2v) is 7.17. The van der Waals surface area contributed by atoms with Gasteiger partial charge in [0.15, 0.2) is 0 Å². The summed E-state index contributed by atoms with van der Waals surface area (Å²) in [4.78, 5) is 21.5. The van der Waals surface area contributed by atoms with Crippen LogP contribution in [0, 0.1) is 13.8 Å². The number of carbonyl (C=O) groups is 1. The SMILES string of the molecule is Cc1cc(C(=O)N2CC[C@@H]3OCCN(Cc4ccncc4)[C@H]3C2)c(C)o1. The predicted molar refractivity (Wildman–Crippen MR) is 96.9 cm³/mol. The van der Waals surface area contributed by atoms with E-state index in [1.54, 1.807) is 0 Å². The van der Waals surface area contributed by atoms with E-state index < -0.39 is 0 Å². The maximum Gasteiger partial charge on any atom is 0.257 e. The molecular weight excluding hydrogens is 330 g/mol. The van der Waals surface area contributed by atoms with Gasteiger partial charge < -0.3 is 14.1 Å². The number of carbonyl (C=O) groups excluding carboxylic acids is 1. The number of nitrogens with zero attached hydrogens (tertiary/aromatic N) is 3. The third-order valence-electron chi connectivity index (χ3n) is 5.39. The molecule has 0 spiro atoms. The largest absolute Gasteiger partial charge is 0.466 e. The first-order valence-electron chi connectivity index (χ1n) is 9.22. The predicted octanol–water partition coefficient (Wildman–Crippen LogP) is 2.41. The summed E-state index contributed by atoms with van der Waals surface area (Å²) in [7, 11) is 0. The number of piperidine rings is 1. The molecule has 2 aliphatic heterocycles. The number of furan rings is 1. The normalized spacial score (nSPS) is 23.7. The second kappa shape index (κ2) is 7.21. The minimum Gasteiger partial charge on any atom is -0.466 e. The van der Waals surface area contributed by atoms with Crippen molar-refractivity contribution in [3.63, 3.8) is 0 Å². The standard InChI is InChI=1S/C20H25N3O3/c1-14-11-17(15(2)26-14)20(24)23-8-5-19-18(13-23)22(9-10-25-19)12-16-3-6-21-7-4-16/h3-4,6-7,11,18-19H,5,8-10,12-13H2,1-2H3/t18-,19-/m0/s1. The molecule has 2 aromatic heterocycles. The second-order valence-electron chi connectivity index (χ2n) is 7.17. The van der Waals surface area contributed by atoms with E-state index in [4.69, 9.17) is 9.15 Å². The van der Waals surface area contributed by atoms with E-state index in [0.717, 1.165) is 38.4 Å². The van der Waals surface area contributed by atoms with Crippen LogP contribution in [-0.2, 0) is 11.3 Å². The van der Waals surface area contributed by atoms with Crippen LogP contribution in [-0.4, -0.2) is 59.1 Å². The highest BCUT2D eigenvalue weighted by Crippen LogP contribution is 2.26. The lowest BCUT2D eigenvalue weighted by Crippen LogP contribution is -2.60. The van der Waals surface area contributed by atoms with Gasteiger partial charge in [0.05, 0.1) is 24.3 Å². The highest BCUT2D eigenvalue weighted by molar-refractivity contribution is 5.95. The Labute approximate surface area is 153 Å². The molecule has 26 heavy (non-hydrogen) atoms. The number of ether oxygens (including phenoxy) is 1. The summed E-state index contributed by atoms with van der Waals surface area (Å²) in [5.74, 6) is 1.54. The van der Waals surface area contributed by atoms with Crippen LogP contribution in [0.4, 0.5) is 0 Å². The molecule has 0 N–H and O–H groups in total. The molecule has 2 aromatic rings. The molecule has 6 nitrogen and oxygen atoms in total. The Hall–Kier alpha value is -2.18. The van der Waals surface area contributed by atoms with E-state index in [0.29, 0.717) is 17.9 Å². The number of hydrogen-bond acceptors (Lipinski definition) is 5. The van der Waals surface area contributed by atoms with E-state index in [-0.39, 0.29) is 18.1 Å². The summed E-state index contributed by atoms with van der Waals surface area (Å²) >= 11 is 0. The lowest BCUT2D eigenvalue weighted by molar-refractivity contribution is -0.101. The fourth-order valence-corrected chi connectivity index (χ4v) is 4.06. The summed E-state index contributed by atoms with van der Waals surface area (Å²) in [6.45, 7) is 7.65. The Morgan fingerprint density at radius 2 is 2.08 bits per heavy atom. The number of likely N-dealkylation sites (tertiary alicyclic amines) is 1. The van der Waals surface area contributed by atoms with Gasteiger partial charge in [0.25, 0.3) is 5.91 Å². The molecule has 0 aromatic carbocycles. The molecule has 2 fully saturated rings. The van der Waals surface area contributed by atoms with Gasteiger partial charge in [0, 0.05) is 38.6 Å². The molecule has 6 heteroatoms. The van der Waals surface area contributed by atoms with Crippen LogP contribution in [0.5, 0.6) is 0 Å². The summed E-state index contributed by atoms with van der Waals surface area (Å²) in [6.07, 6.45) is 4.72. The van der Waals surface area contributed by atoms with Crippen molar-refractivity contribution >= 4 is 5.91 Å². The zero-order valence-electron chi connectivity index (χ0n) is 15.4. The number of fused-ring (bicyclic) bond motifs is 1. The first-order valence-corrected chi connectivity index (χ1v) is 9.22. The smallest absolute Gasteiger partial charge is 0.257 e. The third-order valence-corrected chi connectivity index (χ3v) is 5.39. The molecule has 2 atom stereocenters. The Morgan fingerprint density at radius 1 is 1.27 bits per heavy atom. The van der Waals surface area contributed by atoms with E-state index in [2.05, 4.69) is 9.88 Å². The molecule has 2 aliphatic rings. The van der Waals surface area contributed by atoms with Crippen LogP contribution in [0.3, 0.4) is 0 Å². The van der Waals surface area contributed by atoms with E-state index >= 15 is 0 Å². The maximum absolute atomic E-state index is 13.0. The average molecular weight is 355 g/mol. The molecule has 0 aliphatic carbocycles. The van der Waals surface area contributed by atoms with Crippen molar-refractivity contribution in [2.75, 3.05) is 26.2 Å². The molecule has 1 amide bonds. The van der Waals surface area contributed by atoms with Crippen LogP contribution in [0.25, 0.3) is 0 Å². The van der Waals surface area contributed by atoms with Crippen molar-refractivity contribution in [2.24, 2.45) is 0 Å². The molecule has 4 heterocycles. The van der Waals surface area contributed by atoms with Crippen LogP contribution in [0.15, 0.2) is 35.0 Å². The molecule has 138 valence electrons. The number of hydrogen-bond donors (Lipinski definition) is 0. The lowest BCUT2D eigenvalue weighted by atomic mass is 9.97. The Kier molecular flexibility index (Phi) is 4.78. The number of pyridine rings is 1. The van der Waals surface area contributed by atoms with Gasteiger partial charge in [-0.3, -0.25) is 14.7 Å². The van der Waals surface area contributed by atoms with Crippen molar-refractivity contribution in [1.82, 2.24) is 14.8 Å². The van der Waals surface area contributed by atoms with Crippen LogP contribution >= 0.6 is 0 Å². The molecule has 0 saturated carbocycles. The summed E-state index contributed by atoms with van der Waals surface area (Å²) in [5.41, 5.74) is 1.92. The van der Waals surface area contributed by atoms with E-state index in [1.807, 2.05) is 49.3 Å². The Balaban J connectivity index is 1.50. The van der Waals surface area contributed by atoms with Crippen molar-refractivity contribution in [3.05, 3.63) is 53.2 Å². The van der Waals surface area contributed by atoms with Crippen molar-refractivity contribution in [3.8, 4) is 0 Å². The zero-order chi connectivity index (χ0) is 18.1. The first-order chi connectivity index (χ1) is 12.6. The highest BCUT2D eigenvalue weighted by atomic mass is 16.5. The Bertz CT molecular complexity index is 774. The Morgan fingerprint density at radius 3 is 2.81 bits per heavy atom. The minimum atomic E-state index is 0.0623. The monoisotopic (exact) mass is 355 g/mol. The van der Waals surface area contributed by atoms with Crippen molar-refractivity contribution in [1.29, 1.82) is 0 Å². The fourth-order valence-electron chi connectivity index (χ4n) is 4.06.